The number of halogens is 1. The Hall–Kier alpha value is -2.70. The van der Waals surface area contributed by atoms with Crippen molar-refractivity contribution in [2.45, 2.75) is 12.8 Å². The third kappa shape index (κ3) is 4.89. The Morgan fingerprint density at radius 2 is 1.76 bits per heavy atom. The number of hydrogen-bond donors (Lipinski definition) is 1. The summed E-state index contributed by atoms with van der Waals surface area (Å²) in [4.78, 5) is 24.5. The minimum Gasteiger partial charge on any atom is -0.368 e. The first kappa shape index (κ1) is 17.1. The summed E-state index contributed by atoms with van der Waals surface area (Å²) in [5, 5.41) is 3.10. The Labute approximate surface area is 146 Å². The van der Waals surface area contributed by atoms with Crippen LogP contribution in [0.15, 0.2) is 42.7 Å². The van der Waals surface area contributed by atoms with Crippen molar-refractivity contribution in [3.05, 3.63) is 48.5 Å². The fourth-order valence-electron chi connectivity index (χ4n) is 2.85. The maximum Gasteiger partial charge on any atom is 0.222 e. The van der Waals surface area contributed by atoms with Gasteiger partial charge in [0.2, 0.25) is 11.9 Å². The largest absolute Gasteiger partial charge is 0.368 e. The maximum atomic E-state index is 13.0. The molecule has 132 valence electrons. The van der Waals surface area contributed by atoms with Gasteiger partial charge in [0.15, 0.2) is 0 Å². The molecule has 0 aliphatic carbocycles. The van der Waals surface area contributed by atoms with Gasteiger partial charge in [0.25, 0.3) is 0 Å². The number of carbonyl (C=O) groups excluding carboxylic acids is 1. The number of rotatable bonds is 6. The molecule has 0 saturated carbocycles. The van der Waals surface area contributed by atoms with Crippen LogP contribution in [0.1, 0.15) is 12.8 Å². The summed E-state index contributed by atoms with van der Waals surface area (Å²) >= 11 is 0. The molecule has 0 spiro atoms. The predicted molar refractivity (Wildman–Crippen MR) is 94.9 cm³/mol. The van der Waals surface area contributed by atoms with Gasteiger partial charge in [0, 0.05) is 57.2 Å². The normalized spacial score (nSPS) is 14.4. The molecular weight excluding hydrogens is 321 g/mol. The fourth-order valence-corrected chi connectivity index (χ4v) is 2.85. The van der Waals surface area contributed by atoms with E-state index in [1.54, 1.807) is 30.6 Å². The van der Waals surface area contributed by atoms with E-state index < -0.39 is 0 Å². The maximum absolute atomic E-state index is 13.0. The van der Waals surface area contributed by atoms with Gasteiger partial charge < -0.3 is 15.1 Å². The molecule has 0 unspecified atom stereocenters. The van der Waals surface area contributed by atoms with Crippen molar-refractivity contribution in [2.75, 3.05) is 42.9 Å². The van der Waals surface area contributed by atoms with E-state index in [4.69, 9.17) is 0 Å². The molecule has 25 heavy (non-hydrogen) atoms. The summed E-state index contributed by atoms with van der Waals surface area (Å²) in [6, 6.07) is 8.27. The lowest BCUT2D eigenvalue weighted by molar-refractivity contribution is -0.131. The second-order valence-electron chi connectivity index (χ2n) is 5.95. The summed E-state index contributed by atoms with van der Waals surface area (Å²) in [5.74, 6) is 0.532. The zero-order valence-electron chi connectivity index (χ0n) is 14.1. The number of nitrogens with zero attached hydrogens (tertiary/aromatic N) is 4. The second-order valence-corrected chi connectivity index (χ2v) is 5.95. The zero-order chi connectivity index (χ0) is 17.5. The molecule has 1 aliphatic rings. The van der Waals surface area contributed by atoms with E-state index in [0.717, 1.165) is 25.2 Å². The molecule has 3 rings (SSSR count). The van der Waals surface area contributed by atoms with Gasteiger partial charge in [-0.2, -0.15) is 0 Å². The van der Waals surface area contributed by atoms with Crippen molar-refractivity contribution in [1.29, 1.82) is 0 Å². The average molecular weight is 343 g/mol. The van der Waals surface area contributed by atoms with E-state index >= 15 is 0 Å². The average Bonchev–Trinajstić information content (AvgIpc) is 2.67. The molecule has 0 radical (unpaired) electrons. The standard InChI is InChI=1S/C18H22FN5O/c19-15-4-6-16(7-5-15)23-11-13-24(14-12-23)17(25)3-1-8-20-18-21-9-2-10-22-18/h2,4-7,9-10H,1,3,8,11-14H2,(H,20,21,22). The number of piperazine rings is 1. The number of aromatic nitrogens is 2. The van der Waals surface area contributed by atoms with Gasteiger partial charge in [-0.05, 0) is 36.8 Å². The highest BCUT2D eigenvalue weighted by atomic mass is 19.1. The third-order valence-corrected chi connectivity index (χ3v) is 4.24. The van der Waals surface area contributed by atoms with Crippen LogP contribution < -0.4 is 10.2 Å². The molecule has 0 atom stereocenters. The van der Waals surface area contributed by atoms with Gasteiger partial charge >= 0.3 is 0 Å². The van der Waals surface area contributed by atoms with Crippen molar-refractivity contribution in [3.63, 3.8) is 0 Å². The number of carbonyl (C=O) groups is 1. The highest BCUT2D eigenvalue weighted by Crippen LogP contribution is 2.17. The number of benzene rings is 1. The number of hydrogen-bond acceptors (Lipinski definition) is 5. The Morgan fingerprint density at radius 1 is 1.08 bits per heavy atom. The van der Waals surface area contributed by atoms with Gasteiger partial charge in [-0.1, -0.05) is 0 Å². The smallest absolute Gasteiger partial charge is 0.222 e. The predicted octanol–water partition coefficient (Wildman–Crippen LogP) is 2.16. The van der Waals surface area contributed by atoms with Crippen molar-refractivity contribution < 1.29 is 9.18 Å². The van der Waals surface area contributed by atoms with Gasteiger partial charge in [-0.15, -0.1) is 0 Å². The minimum atomic E-state index is -0.230. The fraction of sp³-hybridized carbons (Fsp3) is 0.389. The number of anilines is 2. The summed E-state index contributed by atoms with van der Waals surface area (Å²) in [5.41, 5.74) is 1.00. The number of nitrogens with one attached hydrogen (secondary N) is 1. The van der Waals surface area contributed by atoms with Gasteiger partial charge in [0.05, 0.1) is 0 Å². The SMILES string of the molecule is O=C(CCCNc1ncccn1)N1CCN(c2ccc(F)cc2)CC1. The van der Waals surface area contributed by atoms with E-state index in [1.165, 1.54) is 12.1 Å². The molecule has 1 saturated heterocycles. The van der Waals surface area contributed by atoms with E-state index in [-0.39, 0.29) is 11.7 Å². The summed E-state index contributed by atoms with van der Waals surface area (Å²) < 4.78 is 13.0. The molecule has 2 heterocycles. The quantitative estimate of drug-likeness (QED) is 0.815. The molecule has 2 aromatic rings. The summed E-state index contributed by atoms with van der Waals surface area (Å²) in [6.45, 7) is 3.61. The van der Waals surface area contributed by atoms with E-state index in [2.05, 4.69) is 20.2 Å². The van der Waals surface area contributed by atoms with Crippen molar-refractivity contribution in [3.8, 4) is 0 Å². The van der Waals surface area contributed by atoms with Crippen LogP contribution >= 0.6 is 0 Å². The summed E-state index contributed by atoms with van der Waals surface area (Å²) in [6.07, 6.45) is 4.62. The van der Waals surface area contributed by atoms with Crippen LogP contribution in [0.2, 0.25) is 0 Å². The lowest BCUT2D eigenvalue weighted by atomic mass is 10.2. The van der Waals surface area contributed by atoms with Crippen LogP contribution in [-0.2, 0) is 4.79 Å². The highest BCUT2D eigenvalue weighted by molar-refractivity contribution is 5.76. The highest BCUT2D eigenvalue weighted by Gasteiger charge is 2.20. The molecule has 1 aromatic carbocycles. The molecule has 7 heteroatoms. The Kier molecular flexibility index (Phi) is 5.77. The molecule has 1 N–H and O–H groups in total. The summed E-state index contributed by atoms with van der Waals surface area (Å²) in [7, 11) is 0. The van der Waals surface area contributed by atoms with Gasteiger partial charge in [-0.25, -0.2) is 14.4 Å². The lowest BCUT2D eigenvalue weighted by Gasteiger charge is -2.36. The van der Waals surface area contributed by atoms with Crippen LogP contribution in [0.4, 0.5) is 16.0 Å². The van der Waals surface area contributed by atoms with Crippen LogP contribution in [0, 0.1) is 5.82 Å². The first-order valence-corrected chi connectivity index (χ1v) is 8.51. The van der Waals surface area contributed by atoms with Crippen molar-refractivity contribution >= 4 is 17.5 Å². The van der Waals surface area contributed by atoms with Gasteiger partial charge in [0.1, 0.15) is 5.82 Å². The minimum absolute atomic E-state index is 0.175. The van der Waals surface area contributed by atoms with Crippen molar-refractivity contribution in [1.82, 2.24) is 14.9 Å². The Balaban J connectivity index is 1.37. The van der Waals surface area contributed by atoms with Crippen LogP contribution in [0.25, 0.3) is 0 Å². The first-order valence-electron chi connectivity index (χ1n) is 8.51. The van der Waals surface area contributed by atoms with E-state index in [9.17, 15) is 9.18 Å². The molecule has 1 fully saturated rings. The second kappa shape index (κ2) is 8.41. The molecule has 1 amide bonds. The Morgan fingerprint density at radius 3 is 2.44 bits per heavy atom. The lowest BCUT2D eigenvalue weighted by Crippen LogP contribution is -2.48. The third-order valence-electron chi connectivity index (χ3n) is 4.24. The molecule has 6 nitrogen and oxygen atoms in total. The van der Waals surface area contributed by atoms with E-state index in [0.29, 0.717) is 32.0 Å². The van der Waals surface area contributed by atoms with E-state index in [1.807, 2.05) is 4.90 Å². The Bertz CT molecular complexity index is 672. The monoisotopic (exact) mass is 343 g/mol. The van der Waals surface area contributed by atoms with Crippen LogP contribution in [-0.4, -0.2) is 53.5 Å². The van der Waals surface area contributed by atoms with Crippen molar-refractivity contribution in [2.24, 2.45) is 0 Å². The molecular formula is C18H22FN5O. The van der Waals surface area contributed by atoms with Crippen LogP contribution in [0.5, 0.6) is 0 Å². The van der Waals surface area contributed by atoms with Crippen LogP contribution in [0.3, 0.4) is 0 Å². The zero-order valence-corrected chi connectivity index (χ0v) is 14.1. The molecule has 1 aliphatic heterocycles. The molecule has 1 aromatic heterocycles. The first-order chi connectivity index (χ1) is 12.2. The van der Waals surface area contributed by atoms with Gasteiger partial charge in [-0.3, -0.25) is 4.79 Å². The molecule has 0 bridgehead atoms. The number of amides is 1. The topological polar surface area (TPSA) is 61.4 Å².